The first kappa shape index (κ1) is 35.1. The molecule has 0 radical (unpaired) electrons. The molecule has 7 heteroatoms. The van der Waals surface area contributed by atoms with E-state index in [2.05, 4.69) is 19.1 Å². The molecule has 0 saturated carbocycles. The smallest absolute Gasteiger partial charge is 0.306 e. The first-order valence-electron chi connectivity index (χ1n) is 14.7. The summed E-state index contributed by atoms with van der Waals surface area (Å²) in [6.07, 6.45) is 19.2. The highest BCUT2D eigenvalue weighted by Crippen LogP contribution is 2.22. The summed E-state index contributed by atoms with van der Waals surface area (Å²) < 4.78 is 0.608. The minimum atomic E-state index is -0.827. The molecule has 0 aromatic rings. The maximum atomic E-state index is 11.4. The van der Waals surface area contributed by atoms with Gasteiger partial charge in [-0.2, -0.15) is 0 Å². The summed E-state index contributed by atoms with van der Waals surface area (Å²) in [7, 11) is 0. The maximum absolute atomic E-state index is 11.4. The van der Waals surface area contributed by atoms with E-state index < -0.39 is 35.7 Å². The summed E-state index contributed by atoms with van der Waals surface area (Å²) in [5, 5.41) is 28.2. The lowest BCUT2D eigenvalue weighted by atomic mass is 10.0. The summed E-state index contributed by atoms with van der Waals surface area (Å²) in [4.78, 5) is 34.3. The Balaban J connectivity index is 4.86. The second-order valence-electron chi connectivity index (χ2n) is 11.2. The zero-order valence-electron chi connectivity index (χ0n) is 24.1. The van der Waals surface area contributed by atoms with Crippen molar-refractivity contribution < 1.29 is 34.2 Å². The van der Waals surface area contributed by atoms with Crippen molar-refractivity contribution in [1.29, 1.82) is 0 Å². The van der Waals surface area contributed by atoms with Gasteiger partial charge in [0.25, 0.3) is 0 Å². The molecule has 216 valence electrons. The van der Waals surface area contributed by atoms with Gasteiger partial charge in [-0.15, -0.1) is 0 Å². The van der Waals surface area contributed by atoms with E-state index in [0.717, 1.165) is 25.8 Å². The Labute approximate surface area is 225 Å². The van der Waals surface area contributed by atoms with E-state index in [4.69, 9.17) is 0 Å². The molecule has 0 aromatic carbocycles. The van der Waals surface area contributed by atoms with E-state index in [1.54, 1.807) is 20.8 Å². The number of aliphatic carboxylic acids is 3. The molecule has 37 heavy (non-hydrogen) atoms. The van der Waals surface area contributed by atoms with Crippen molar-refractivity contribution in [2.24, 2.45) is 17.8 Å². The zero-order valence-corrected chi connectivity index (χ0v) is 24.1. The summed E-state index contributed by atoms with van der Waals surface area (Å²) in [6, 6.07) is 0. The fraction of sp³-hybridized carbons (Fsp3) is 0.833. The molecular formula is C30H56NO6+. The highest BCUT2D eigenvalue weighted by molar-refractivity contribution is 5.70. The van der Waals surface area contributed by atoms with Crippen LogP contribution in [-0.2, 0) is 14.4 Å². The van der Waals surface area contributed by atoms with Crippen molar-refractivity contribution in [1.82, 2.24) is 0 Å². The molecule has 3 atom stereocenters. The van der Waals surface area contributed by atoms with Gasteiger partial charge >= 0.3 is 17.9 Å². The van der Waals surface area contributed by atoms with Crippen LogP contribution in [0.4, 0.5) is 0 Å². The van der Waals surface area contributed by atoms with Gasteiger partial charge in [-0.05, 0) is 32.1 Å². The Hall–Kier alpha value is -1.89. The Bertz CT molecular complexity index is 603. The minimum absolute atomic E-state index is 0.479. The first-order valence-corrected chi connectivity index (χ1v) is 14.7. The fourth-order valence-corrected chi connectivity index (χ4v) is 4.59. The van der Waals surface area contributed by atoms with Gasteiger partial charge in [-0.25, -0.2) is 0 Å². The number of hydrogen-bond donors (Lipinski definition) is 3. The SMILES string of the molecule is CCCC/C=C/CCCCCCCCC[N+](CCC(C)C(=O)O)(CCC(C)C(=O)O)CCC(C)C(=O)O. The molecular weight excluding hydrogens is 470 g/mol. The van der Waals surface area contributed by atoms with Gasteiger partial charge in [0.15, 0.2) is 0 Å². The van der Waals surface area contributed by atoms with Crippen LogP contribution in [0, 0.1) is 17.8 Å². The van der Waals surface area contributed by atoms with Gasteiger partial charge in [-0.1, -0.05) is 78.4 Å². The number of quaternary nitrogens is 1. The lowest BCUT2D eigenvalue weighted by Crippen LogP contribution is -2.52. The van der Waals surface area contributed by atoms with Crippen LogP contribution in [0.25, 0.3) is 0 Å². The van der Waals surface area contributed by atoms with Gasteiger partial charge in [0.2, 0.25) is 0 Å². The van der Waals surface area contributed by atoms with E-state index in [1.807, 2.05) is 0 Å². The number of hydrogen-bond acceptors (Lipinski definition) is 3. The first-order chi connectivity index (χ1) is 17.5. The van der Waals surface area contributed by atoms with Gasteiger partial charge in [0.05, 0.1) is 43.9 Å². The highest BCUT2D eigenvalue weighted by atomic mass is 16.4. The lowest BCUT2D eigenvalue weighted by Gasteiger charge is -2.40. The Kier molecular flexibility index (Phi) is 20.0. The number of carboxylic acids is 3. The standard InChI is InChI=1S/C30H55NO6/c1-5-6-7-8-9-10-11-12-13-14-15-16-17-21-31(22-18-25(2)28(32)33,23-19-26(3)29(34)35)24-20-27(4)30(36)37/h8-9,25-27H,5-7,10-24H2,1-4H3,(H2-,32,33,34,35,36,37)/p+1/b9-8+. The monoisotopic (exact) mass is 526 g/mol. The predicted molar refractivity (Wildman–Crippen MR) is 150 cm³/mol. The van der Waals surface area contributed by atoms with Crippen molar-refractivity contribution >= 4 is 17.9 Å². The third-order valence-corrected chi connectivity index (χ3v) is 7.77. The summed E-state index contributed by atoms with van der Waals surface area (Å²) in [6.45, 7) is 10.1. The van der Waals surface area contributed by atoms with Gasteiger partial charge in [-0.3, -0.25) is 14.4 Å². The number of nitrogens with zero attached hydrogens (tertiary/aromatic N) is 1. The number of carbonyl (C=O) groups is 3. The largest absolute Gasteiger partial charge is 0.481 e. The molecule has 3 N–H and O–H groups in total. The molecule has 0 aromatic heterocycles. The highest BCUT2D eigenvalue weighted by Gasteiger charge is 2.31. The van der Waals surface area contributed by atoms with Crippen LogP contribution in [0.3, 0.4) is 0 Å². The molecule has 0 heterocycles. The maximum Gasteiger partial charge on any atom is 0.306 e. The molecule has 0 aliphatic heterocycles. The molecule has 0 spiro atoms. The molecule has 0 aliphatic carbocycles. The molecule has 0 amide bonds. The average Bonchev–Trinajstić information content (AvgIpc) is 2.86. The van der Waals surface area contributed by atoms with Crippen molar-refractivity contribution in [3.05, 3.63) is 12.2 Å². The van der Waals surface area contributed by atoms with E-state index in [1.165, 1.54) is 51.4 Å². The number of unbranched alkanes of at least 4 members (excludes halogenated alkanes) is 9. The van der Waals surface area contributed by atoms with Crippen LogP contribution in [0.15, 0.2) is 12.2 Å². The van der Waals surface area contributed by atoms with Crippen LogP contribution in [0.1, 0.15) is 118 Å². The molecule has 0 bridgehead atoms. The van der Waals surface area contributed by atoms with Gasteiger partial charge in [0.1, 0.15) is 0 Å². The Morgan fingerprint density at radius 2 is 0.919 bits per heavy atom. The van der Waals surface area contributed by atoms with Crippen LogP contribution < -0.4 is 0 Å². The third kappa shape index (κ3) is 18.1. The van der Waals surface area contributed by atoms with Crippen molar-refractivity contribution in [3.8, 4) is 0 Å². The third-order valence-electron chi connectivity index (χ3n) is 7.77. The van der Waals surface area contributed by atoms with Crippen LogP contribution in [0.2, 0.25) is 0 Å². The van der Waals surface area contributed by atoms with E-state index >= 15 is 0 Å². The molecule has 7 nitrogen and oxygen atoms in total. The molecule has 0 saturated heterocycles. The molecule has 0 fully saturated rings. The summed E-state index contributed by atoms with van der Waals surface area (Å²) in [5.74, 6) is -3.92. The number of rotatable bonds is 25. The zero-order chi connectivity index (χ0) is 28.1. The number of allylic oxidation sites excluding steroid dienone is 2. The van der Waals surface area contributed by atoms with Crippen LogP contribution in [-0.4, -0.2) is 63.9 Å². The van der Waals surface area contributed by atoms with Crippen molar-refractivity contribution in [2.75, 3.05) is 26.2 Å². The topological polar surface area (TPSA) is 112 Å². The Morgan fingerprint density at radius 1 is 0.568 bits per heavy atom. The second kappa shape index (κ2) is 21.1. The second-order valence-corrected chi connectivity index (χ2v) is 11.2. The van der Waals surface area contributed by atoms with E-state index in [9.17, 15) is 29.7 Å². The molecule has 0 aliphatic rings. The summed E-state index contributed by atoms with van der Waals surface area (Å²) >= 11 is 0. The van der Waals surface area contributed by atoms with Gasteiger partial charge < -0.3 is 19.8 Å². The Morgan fingerprint density at radius 3 is 1.30 bits per heavy atom. The van der Waals surface area contributed by atoms with Crippen molar-refractivity contribution in [3.63, 3.8) is 0 Å². The van der Waals surface area contributed by atoms with E-state index in [0.29, 0.717) is 43.4 Å². The molecule has 0 rings (SSSR count). The van der Waals surface area contributed by atoms with E-state index in [-0.39, 0.29) is 0 Å². The summed E-state index contributed by atoms with van der Waals surface area (Å²) in [5.41, 5.74) is 0. The van der Waals surface area contributed by atoms with Crippen LogP contribution in [0.5, 0.6) is 0 Å². The lowest BCUT2D eigenvalue weighted by molar-refractivity contribution is -0.929. The van der Waals surface area contributed by atoms with Crippen molar-refractivity contribution in [2.45, 2.75) is 118 Å². The molecule has 3 unspecified atom stereocenters. The fourth-order valence-electron chi connectivity index (χ4n) is 4.59. The minimum Gasteiger partial charge on any atom is -0.481 e. The van der Waals surface area contributed by atoms with Gasteiger partial charge in [0, 0.05) is 19.3 Å². The normalized spacial score (nSPS) is 15.8. The average molecular weight is 527 g/mol. The number of carboxylic acid groups (broad SMARTS) is 3. The van der Waals surface area contributed by atoms with Crippen LogP contribution >= 0.6 is 0 Å². The predicted octanol–water partition coefficient (Wildman–Crippen LogP) is 7.00. The quantitative estimate of drug-likeness (QED) is 0.0670.